The van der Waals surface area contributed by atoms with Gasteiger partial charge < -0.3 is 103 Å². The first kappa shape index (κ1) is 45.8. The molecule has 0 bridgehead atoms. The summed E-state index contributed by atoms with van der Waals surface area (Å²) in [5, 5.41) is 81.1. The third kappa shape index (κ3) is 9.53. The Morgan fingerprint density at radius 2 is 1.42 bits per heavy atom. The van der Waals surface area contributed by atoms with E-state index < -0.39 is 159 Å². The normalized spacial score (nSPS) is 46.8. The molecule has 0 aromatic carbocycles. The molecule has 24 heteroatoms. The molecule has 5 rings (SSSR count). The SMILES string of the molecule is COC1C(NC(C)=O)[C@@H](O[C@H]2C(CO)O[C@H](OC3C(O)[C@H](OC)O[C@H]4COC(C)(C(=O)[O-])O[C@H]34)C(NC(C)=O)[C@H]2OC2OC([C@H](O)CO)[C@H](O)[C@@H]2O)O[C@@H](C)[C@@H]1[NH]. The average Bonchev–Trinajstić information content (AvgIpc) is 3.44. The number of carbonyl (C=O) groups is 3. The molecule has 5 aliphatic rings. The first-order valence-corrected chi connectivity index (χ1v) is 18.3. The zero-order chi connectivity index (χ0) is 42.1. The van der Waals surface area contributed by atoms with E-state index in [-0.39, 0.29) is 6.61 Å². The van der Waals surface area contributed by atoms with Gasteiger partial charge in [-0.25, -0.2) is 5.73 Å². The van der Waals surface area contributed by atoms with Crippen LogP contribution in [0.5, 0.6) is 0 Å². The van der Waals surface area contributed by atoms with Crippen molar-refractivity contribution in [2.75, 3.05) is 34.0 Å². The molecule has 5 fully saturated rings. The highest BCUT2D eigenvalue weighted by Gasteiger charge is 2.59. The number of nitrogens with one attached hydrogen (secondary N) is 3. The van der Waals surface area contributed by atoms with Crippen LogP contribution < -0.4 is 21.5 Å². The van der Waals surface area contributed by atoms with E-state index in [0.29, 0.717) is 0 Å². The van der Waals surface area contributed by atoms with Gasteiger partial charge in [0.25, 0.3) is 0 Å². The fourth-order valence-electron chi connectivity index (χ4n) is 7.54. The predicted molar refractivity (Wildman–Crippen MR) is 177 cm³/mol. The molecular weight excluding hydrogens is 774 g/mol. The van der Waals surface area contributed by atoms with Crippen molar-refractivity contribution < 1.29 is 102 Å². The smallest absolute Gasteiger partial charge is 0.217 e. The maximum atomic E-state index is 12.9. The molecule has 0 saturated carbocycles. The lowest BCUT2D eigenvalue weighted by Crippen LogP contribution is -2.72. The minimum atomic E-state index is -2.33. The van der Waals surface area contributed by atoms with Crippen LogP contribution in [-0.4, -0.2) is 211 Å². The van der Waals surface area contributed by atoms with Crippen LogP contribution in [0.1, 0.15) is 27.7 Å². The van der Waals surface area contributed by atoms with E-state index in [2.05, 4.69) is 10.6 Å². The Balaban J connectivity index is 1.56. The van der Waals surface area contributed by atoms with Crippen LogP contribution in [0.25, 0.3) is 0 Å². The summed E-state index contributed by atoms with van der Waals surface area (Å²) in [7, 11) is 2.53. The first-order chi connectivity index (χ1) is 26.9. The summed E-state index contributed by atoms with van der Waals surface area (Å²) in [6, 6.07) is -3.74. The minimum absolute atomic E-state index is 0.389. The van der Waals surface area contributed by atoms with Gasteiger partial charge in [0.05, 0.1) is 32.0 Å². The van der Waals surface area contributed by atoms with Crippen LogP contribution in [0.3, 0.4) is 0 Å². The van der Waals surface area contributed by atoms with E-state index in [9.17, 15) is 50.1 Å². The van der Waals surface area contributed by atoms with Crippen LogP contribution in [-0.2, 0) is 66.5 Å². The lowest BCUT2D eigenvalue weighted by molar-refractivity contribution is -0.420. The number of ether oxygens (including phenoxy) is 11. The van der Waals surface area contributed by atoms with Gasteiger partial charge in [0, 0.05) is 28.1 Å². The van der Waals surface area contributed by atoms with E-state index in [1.807, 2.05) is 0 Å². The second-order valence-electron chi connectivity index (χ2n) is 14.5. The Morgan fingerprint density at radius 1 is 0.825 bits per heavy atom. The summed E-state index contributed by atoms with van der Waals surface area (Å²) in [5.41, 5.74) is 8.60. The molecule has 5 aliphatic heterocycles. The van der Waals surface area contributed by atoms with Crippen molar-refractivity contribution in [3.8, 4) is 0 Å². The van der Waals surface area contributed by atoms with Gasteiger partial charge >= 0.3 is 0 Å². The number of hydrogen-bond acceptors (Lipinski definition) is 21. The Kier molecular flexibility index (Phi) is 15.2. The molecule has 5 heterocycles. The number of carboxylic acids is 1. The number of rotatable bonds is 14. The highest BCUT2D eigenvalue weighted by Crippen LogP contribution is 2.39. The van der Waals surface area contributed by atoms with Gasteiger partial charge in [0.1, 0.15) is 91.3 Å². The molecular formula is C33H53N3O21-. The molecule has 0 aromatic rings. The first-order valence-electron chi connectivity index (χ1n) is 18.3. The van der Waals surface area contributed by atoms with Crippen molar-refractivity contribution in [2.45, 2.75) is 156 Å². The summed E-state index contributed by atoms with van der Waals surface area (Å²) in [6.45, 7) is 2.81. The molecule has 57 heavy (non-hydrogen) atoms. The van der Waals surface area contributed by atoms with E-state index in [4.69, 9.17) is 57.8 Å². The monoisotopic (exact) mass is 827 g/mol. The molecule has 0 spiro atoms. The zero-order valence-corrected chi connectivity index (χ0v) is 32.0. The van der Waals surface area contributed by atoms with Gasteiger partial charge in [-0.1, -0.05) is 0 Å². The van der Waals surface area contributed by atoms with Crippen LogP contribution in [0, 0.1) is 0 Å². The van der Waals surface area contributed by atoms with Crippen LogP contribution >= 0.6 is 0 Å². The predicted octanol–water partition coefficient (Wildman–Crippen LogP) is -7.31. The topological polar surface area (TPSA) is 345 Å². The number of amides is 2. The summed E-state index contributed by atoms with van der Waals surface area (Å²) in [6.07, 6.45) is -25.8. The van der Waals surface area contributed by atoms with Gasteiger partial charge in [-0.05, 0) is 13.8 Å². The fourth-order valence-corrected chi connectivity index (χ4v) is 7.54. The van der Waals surface area contributed by atoms with Gasteiger partial charge in [-0.15, -0.1) is 0 Å². The quantitative estimate of drug-likeness (QED) is 0.0806. The Bertz CT molecular complexity index is 1390. The van der Waals surface area contributed by atoms with Gasteiger partial charge in [0.15, 0.2) is 25.2 Å². The minimum Gasteiger partial charge on any atom is -0.544 e. The molecule has 9 unspecified atom stereocenters. The lowest BCUT2D eigenvalue weighted by Gasteiger charge is -2.53. The number of carboxylic acid groups (broad SMARTS) is 1. The summed E-state index contributed by atoms with van der Waals surface area (Å²) in [5.74, 6) is -5.36. The van der Waals surface area contributed by atoms with Crippen LogP contribution in [0.4, 0.5) is 0 Å². The number of hydrogen-bond donors (Lipinski definition) is 8. The van der Waals surface area contributed by atoms with Crippen molar-refractivity contribution >= 4 is 17.8 Å². The molecule has 21 atom stereocenters. The van der Waals surface area contributed by atoms with Crippen molar-refractivity contribution in [3.05, 3.63) is 0 Å². The summed E-state index contributed by atoms with van der Waals surface area (Å²) in [4.78, 5) is 37.3. The fraction of sp³-hybridized carbons (Fsp3) is 0.909. The molecule has 327 valence electrons. The second-order valence-corrected chi connectivity index (χ2v) is 14.5. The van der Waals surface area contributed by atoms with E-state index in [1.165, 1.54) is 21.1 Å². The van der Waals surface area contributed by atoms with Crippen molar-refractivity contribution in [3.63, 3.8) is 0 Å². The van der Waals surface area contributed by atoms with E-state index in [1.54, 1.807) is 6.92 Å². The summed E-state index contributed by atoms with van der Waals surface area (Å²) < 4.78 is 64.5. The number of aliphatic hydroxyl groups excluding tert-OH is 6. The van der Waals surface area contributed by atoms with Gasteiger partial charge in [0.2, 0.25) is 17.6 Å². The molecule has 9 N–H and O–H groups in total. The third-order valence-corrected chi connectivity index (χ3v) is 10.5. The number of fused-ring (bicyclic) bond motifs is 1. The summed E-state index contributed by atoms with van der Waals surface area (Å²) >= 11 is 0. The molecule has 1 radical (unpaired) electrons. The molecule has 0 aromatic heterocycles. The Labute approximate surface area is 326 Å². The Morgan fingerprint density at radius 3 is 1.98 bits per heavy atom. The highest BCUT2D eigenvalue weighted by molar-refractivity contribution is 5.74. The maximum absolute atomic E-state index is 12.9. The average molecular weight is 828 g/mol. The van der Waals surface area contributed by atoms with Gasteiger partial charge in [-0.3, -0.25) is 9.59 Å². The number of aliphatic hydroxyl groups is 6. The largest absolute Gasteiger partial charge is 0.544 e. The number of aliphatic carboxylic acids is 1. The van der Waals surface area contributed by atoms with Crippen LogP contribution in [0.2, 0.25) is 0 Å². The lowest BCUT2D eigenvalue weighted by atomic mass is 9.93. The van der Waals surface area contributed by atoms with Gasteiger partial charge in [-0.2, -0.15) is 0 Å². The maximum Gasteiger partial charge on any atom is 0.217 e. The highest BCUT2D eigenvalue weighted by atomic mass is 16.8. The zero-order valence-electron chi connectivity index (χ0n) is 32.0. The standard InChI is InChI=1S/C33H54N3O21/c1-10-16(34)25(47-5)17(35-11(2)39)28(50-10)54-23-14(8-38)51-29(18(36-12(3)40)26(23)55-31-20(43)19(42)22(53-31)13(41)7-37)56-27-21(44)30(48-6)52-15-9-49-33(4,32(45)46)57-24(15)27/h10,13-31,34,37-38,41-44H,7-9H2,1-6H3,(H,35,39)(H,36,40)(H,45,46)/p-1/t10-,13+,14?,15-,16-,17?,18?,19+,20-,21?,22?,23-,24-,25?,26+,27?,28+,29+,30+,31?,33?/m0/s1. The number of methoxy groups -OCH3 is 2. The van der Waals surface area contributed by atoms with E-state index >= 15 is 0 Å². The third-order valence-electron chi connectivity index (χ3n) is 10.5. The second kappa shape index (κ2) is 18.9. The number of carbonyl (C=O) groups excluding carboxylic acids is 3. The molecule has 5 saturated heterocycles. The Hall–Kier alpha value is -2.31. The molecule has 2 amide bonds. The molecule has 0 aliphatic carbocycles. The van der Waals surface area contributed by atoms with Crippen molar-refractivity contribution in [1.29, 1.82) is 0 Å². The van der Waals surface area contributed by atoms with Crippen molar-refractivity contribution in [1.82, 2.24) is 16.4 Å². The van der Waals surface area contributed by atoms with Crippen molar-refractivity contribution in [2.24, 2.45) is 0 Å². The molecule has 24 nitrogen and oxygen atoms in total. The van der Waals surface area contributed by atoms with E-state index in [0.717, 1.165) is 13.8 Å². The van der Waals surface area contributed by atoms with Crippen LogP contribution in [0.15, 0.2) is 0 Å².